The molecule has 3 heteroatoms. The van der Waals surface area contributed by atoms with Crippen molar-refractivity contribution in [3.8, 4) is 0 Å². The number of carbonyl (C=O) groups excluding carboxylic acids is 1. The molecule has 58 valence electrons. The van der Waals surface area contributed by atoms with E-state index in [4.69, 9.17) is 4.74 Å². The first-order valence-corrected chi connectivity index (χ1v) is 4.46. The van der Waals surface area contributed by atoms with Gasteiger partial charge in [-0.15, -0.1) is 0 Å². The van der Waals surface area contributed by atoms with E-state index < -0.39 is 0 Å². The average Bonchev–Trinajstić information content (AvgIpc) is 2.30. The molecule has 1 saturated heterocycles. The van der Waals surface area contributed by atoms with Crippen molar-refractivity contribution in [2.24, 2.45) is 0 Å². The van der Waals surface area contributed by atoms with E-state index in [1.54, 1.807) is 0 Å². The highest BCUT2D eigenvalue weighted by Crippen LogP contribution is 2.33. The lowest BCUT2D eigenvalue weighted by Crippen LogP contribution is -1.97. The van der Waals surface area contributed by atoms with Gasteiger partial charge in [-0.3, -0.25) is 0 Å². The second kappa shape index (κ2) is 2.48. The molecule has 0 aromatic rings. The molecule has 1 atom stereocenters. The molecular weight excluding hydrogens is 208 g/mol. The summed E-state index contributed by atoms with van der Waals surface area (Å²) in [5, 5.41) is -0.207. The van der Waals surface area contributed by atoms with Gasteiger partial charge in [-0.05, 0) is 28.8 Å². The minimum absolute atomic E-state index is 0.196. The highest BCUT2D eigenvalue weighted by atomic mass is 79.9. The van der Waals surface area contributed by atoms with Crippen molar-refractivity contribution in [1.29, 1.82) is 0 Å². The predicted molar refractivity (Wildman–Crippen MR) is 44.2 cm³/mol. The molecule has 1 heterocycles. The summed E-state index contributed by atoms with van der Waals surface area (Å²) in [5.74, 6) is -0.196. The zero-order valence-electron chi connectivity index (χ0n) is 5.84. The van der Waals surface area contributed by atoms with E-state index in [9.17, 15) is 4.79 Å². The second-order valence-electron chi connectivity index (χ2n) is 2.58. The van der Waals surface area contributed by atoms with Gasteiger partial charge in [-0.2, -0.15) is 0 Å². The quantitative estimate of drug-likeness (QED) is 0.455. The summed E-state index contributed by atoms with van der Waals surface area (Å²) < 4.78 is 4.95. The van der Waals surface area contributed by atoms with Crippen LogP contribution < -0.4 is 0 Å². The second-order valence-corrected chi connectivity index (χ2v) is 3.41. The molecular formula is C8H7BrO2. The number of esters is 1. The molecule has 2 rings (SSSR count). The van der Waals surface area contributed by atoms with Crippen LogP contribution >= 0.6 is 15.9 Å². The van der Waals surface area contributed by atoms with E-state index in [1.165, 1.54) is 0 Å². The zero-order chi connectivity index (χ0) is 7.84. The van der Waals surface area contributed by atoms with Crippen LogP contribution in [0, 0.1) is 0 Å². The molecule has 2 nitrogen and oxygen atoms in total. The number of allylic oxidation sites excluding steroid dienone is 2. The molecule has 2 aliphatic rings. The molecule has 1 unspecified atom stereocenters. The number of carbonyl (C=O) groups is 1. The summed E-state index contributed by atoms with van der Waals surface area (Å²) >= 11 is 3.27. The first-order valence-electron chi connectivity index (χ1n) is 3.54. The average molecular weight is 215 g/mol. The van der Waals surface area contributed by atoms with Crippen molar-refractivity contribution in [2.75, 3.05) is 0 Å². The van der Waals surface area contributed by atoms with Gasteiger partial charge in [-0.25, -0.2) is 4.79 Å². The predicted octanol–water partition coefficient (Wildman–Crippen LogP) is 1.91. The van der Waals surface area contributed by atoms with Gasteiger partial charge in [0.25, 0.3) is 0 Å². The summed E-state index contributed by atoms with van der Waals surface area (Å²) in [6, 6.07) is 0. The minimum Gasteiger partial charge on any atom is -0.442 e. The Kier molecular flexibility index (Phi) is 1.60. The Morgan fingerprint density at radius 1 is 1.45 bits per heavy atom. The SMILES string of the molecule is O=C1OC(Br)C2=CCCC=C12. The summed E-state index contributed by atoms with van der Waals surface area (Å²) in [4.78, 5) is 11.1. The largest absolute Gasteiger partial charge is 0.442 e. The van der Waals surface area contributed by atoms with E-state index in [1.807, 2.05) is 6.08 Å². The van der Waals surface area contributed by atoms with Gasteiger partial charge in [-0.1, -0.05) is 12.2 Å². The van der Waals surface area contributed by atoms with Crippen LogP contribution in [0.3, 0.4) is 0 Å². The maximum atomic E-state index is 11.1. The molecule has 0 saturated carbocycles. The first-order chi connectivity index (χ1) is 5.29. The molecule has 1 aliphatic carbocycles. The zero-order valence-corrected chi connectivity index (χ0v) is 7.43. The number of hydrogen-bond donors (Lipinski definition) is 0. The number of ether oxygens (including phenoxy) is 1. The van der Waals surface area contributed by atoms with Crippen molar-refractivity contribution in [3.63, 3.8) is 0 Å². The topological polar surface area (TPSA) is 26.3 Å². The maximum absolute atomic E-state index is 11.1. The molecule has 1 fully saturated rings. The highest BCUT2D eigenvalue weighted by Gasteiger charge is 2.32. The molecule has 0 N–H and O–H groups in total. The van der Waals surface area contributed by atoms with Crippen LogP contribution in [0.5, 0.6) is 0 Å². The van der Waals surface area contributed by atoms with Gasteiger partial charge in [0.2, 0.25) is 0 Å². The third kappa shape index (κ3) is 1.03. The fraction of sp³-hybridized carbons (Fsp3) is 0.375. The normalized spacial score (nSPS) is 28.8. The molecule has 11 heavy (non-hydrogen) atoms. The summed E-state index contributed by atoms with van der Waals surface area (Å²) in [6.07, 6.45) is 5.96. The van der Waals surface area contributed by atoms with Gasteiger partial charge in [0.1, 0.15) is 0 Å². The van der Waals surface area contributed by atoms with E-state index in [0.29, 0.717) is 0 Å². The van der Waals surface area contributed by atoms with Crippen molar-refractivity contribution in [1.82, 2.24) is 0 Å². The Hall–Kier alpha value is -0.570. The van der Waals surface area contributed by atoms with Crippen molar-refractivity contribution < 1.29 is 9.53 Å². The van der Waals surface area contributed by atoms with Gasteiger partial charge in [0.05, 0.1) is 5.57 Å². The van der Waals surface area contributed by atoms with E-state index in [-0.39, 0.29) is 11.0 Å². The number of rotatable bonds is 0. The summed E-state index contributed by atoms with van der Waals surface area (Å²) in [6.45, 7) is 0. The number of hydrogen-bond acceptors (Lipinski definition) is 2. The van der Waals surface area contributed by atoms with Crippen LogP contribution in [0.1, 0.15) is 12.8 Å². The minimum atomic E-state index is -0.207. The number of cyclic esters (lactones) is 1. The van der Waals surface area contributed by atoms with Crippen LogP contribution in [0.4, 0.5) is 0 Å². The Labute approximate surface area is 73.0 Å². The molecule has 0 bridgehead atoms. The standard InChI is InChI=1S/C8H7BrO2/c9-7-5-3-1-2-4-6(5)8(10)11-7/h3-4,7H,1-2H2. The van der Waals surface area contributed by atoms with Crippen LogP contribution in [0.25, 0.3) is 0 Å². The van der Waals surface area contributed by atoms with Crippen LogP contribution in [-0.4, -0.2) is 11.0 Å². The molecule has 0 spiro atoms. The molecule has 0 aromatic carbocycles. The molecule has 0 aromatic heterocycles. The molecule has 1 aliphatic heterocycles. The maximum Gasteiger partial charge on any atom is 0.339 e. The fourth-order valence-corrected chi connectivity index (χ4v) is 1.93. The van der Waals surface area contributed by atoms with E-state index in [0.717, 1.165) is 24.0 Å². The van der Waals surface area contributed by atoms with Crippen molar-refractivity contribution in [3.05, 3.63) is 23.3 Å². The van der Waals surface area contributed by atoms with Gasteiger partial charge in [0, 0.05) is 5.57 Å². The lowest BCUT2D eigenvalue weighted by molar-refractivity contribution is -0.135. The number of fused-ring (bicyclic) bond motifs is 1. The Bertz CT molecular complexity index is 265. The van der Waals surface area contributed by atoms with Crippen molar-refractivity contribution in [2.45, 2.75) is 17.9 Å². The smallest absolute Gasteiger partial charge is 0.339 e. The fourth-order valence-electron chi connectivity index (χ4n) is 1.33. The van der Waals surface area contributed by atoms with E-state index in [2.05, 4.69) is 22.0 Å². The molecule has 0 radical (unpaired) electrons. The Morgan fingerprint density at radius 2 is 2.18 bits per heavy atom. The molecule has 0 amide bonds. The third-order valence-corrected chi connectivity index (χ3v) is 2.55. The van der Waals surface area contributed by atoms with Crippen LogP contribution in [-0.2, 0) is 9.53 Å². The number of alkyl halides is 1. The Morgan fingerprint density at radius 3 is 2.91 bits per heavy atom. The van der Waals surface area contributed by atoms with Gasteiger partial charge < -0.3 is 4.74 Å². The third-order valence-electron chi connectivity index (χ3n) is 1.87. The van der Waals surface area contributed by atoms with Crippen LogP contribution in [0.2, 0.25) is 0 Å². The van der Waals surface area contributed by atoms with Gasteiger partial charge in [0.15, 0.2) is 5.01 Å². The first kappa shape index (κ1) is 7.10. The lowest BCUT2D eigenvalue weighted by atomic mass is 10.0. The summed E-state index contributed by atoms with van der Waals surface area (Å²) in [5.41, 5.74) is 1.75. The van der Waals surface area contributed by atoms with Crippen molar-refractivity contribution >= 4 is 21.9 Å². The Balaban J connectivity index is 2.41. The van der Waals surface area contributed by atoms with Gasteiger partial charge >= 0.3 is 5.97 Å². The number of halogens is 1. The van der Waals surface area contributed by atoms with E-state index >= 15 is 0 Å². The van der Waals surface area contributed by atoms with Crippen LogP contribution in [0.15, 0.2) is 23.3 Å². The summed E-state index contributed by atoms with van der Waals surface area (Å²) in [7, 11) is 0. The lowest BCUT2D eigenvalue weighted by Gasteiger charge is -2.04. The highest BCUT2D eigenvalue weighted by molar-refractivity contribution is 9.09. The monoisotopic (exact) mass is 214 g/mol.